The standard InChI is InChI=1S/C12H20N4O2/c1-2-3-6-16(7-8-17)12(18)11-5-4-10(15-13)9-14-11/h4-5,9,15,17H,2-3,6-8,13H2,1H3. The quantitative estimate of drug-likeness (QED) is 0.488. The average Bonchev–Trinajstić information content (AvgIpc) is 2.43. The number of amides is 1. The lowest BCUT2D eigenvalue weighted by atomic mass is 10.2. The van der Waals surface area contributed by atoms with Crippen LogP contribution in [0.3, 0.4) is 0 Å². The zero-order chi connectivity index (χ0) is 13.4. The van der Waals surface area contributed by atoms with Crippen molar-refractivity contribution in [2.75, 3.05) is 25.1 Å². The molecule has 18 heavy (non-hydrogen) atoms. The summed E-state index contributed by atoms with van der Waals surface area (Å²) < 4.78 is 0. The van der Waals surface area contributed by atoms with E-state index in [4.69, 9.17) is 10.9 Å². The fourth-order valence-corrected chi connectivity index (χ4v) is 1.55. The van der Waals surface area contributed by atoms with Crippen LogP contribution in [0.1, 0.15) is 30.3 Å². The van der Waals surface area contributed by atoms with Crippen LogP contribution in [0.4, 0.5) is 5.69 Å². The molecular weight excluding hydrogens is 232 g/mol. The number of pyridine rings is 1. The first-order valence-corrected chi connectivity index (χ1v) is 6.05. The molecular formula is C12H20N4O2. The highest BCUT2D eigenvalue weighted by Gasteiger charge is 2.15. The summed E-state index contributed by atoms with van der Waals surface area (Å²) in [4.78, 5) is 17.8. The van der Waals surface area contributed by atoms with Crippen molar-refractivity contribution in [2.45, 2.75) is 19.8 Å². The first kappa shape index (κ1) is 14.4. The molecule has 6 heteroatoms. The zero-order valence-corrected chi connectivity index (χ0v) is 10.6. The number of aliphatic hydroxyl groups excluding tert-OH is 1. The first-order chi connectivity index (χ1) is 8.72. The molecule has 0 saturated carbocycles. The van der Waals surface area contributed by atoms with E-state index in [0.717, 1.165) is 12.8 Å². The van der Waals surface area contributed by atoms with Gasteiger partial charge in [-0.3, -0.25) is 10.6 Å². The fourth-order valence-electron chi connectivity index (χ4n) is 1.55. The maximum absolute atomic E-state index is 12.1. The molecule has 0 radical (unpaired) electrons. The highest BCUT2D eigenvalue weighted by atomic mass is 16.3. The third kappa shape index (κ3) is 3.97. The average molecular weight is 252 g/mol. The minimum absolute atomic E-state index is 0.0438. The number of nitrogen functional groups attached to an aromatic ring is 1. The minimum Gasteiger partial charge on any atom is -0.395 e. The monoisotopic (exact) mass is 252 g/mol. The third-order valence-corrected chi connectivity index (χ3v) is 2.59. The van der Waals surface area contributed by atoms with Crippen LogP contribution >= 0.6 is 0 Å². The number of rotatable bonds is 7. The van der Waals surface area contributed by atoms with Gasteiger partial charge in [0, 0.05) is 13.1 Å². The van der Waals surface area contributed by atoms with Gasteiger partial charge in [0.1, 0.15) is 5.69 Å². The smallest absolute Gasteiger partial charge is 0.272 e. The van der Waals surface area contributed by atoms with Gasteiger partial charge < -0.3 is 15.4 Å². The number of unbranched alkanes of at least 4 members (excludes halogenated alkanes) is 1. The number of hydrogen-bond donors (Lipinski definition) is 3. The first-order valence-electron chi connectivity index (χ1n) is 6.05. The number of aromatic nitrogens is 1. The number of hydrazine groups is 1. The number of carbonyl (C=O) groups is 1. The van der Waals surface area contributed by atoms with Gasteiger partial charge in [-0.05, 0) is 18.6 Å². The summed E-state index contributed by atoms with van der Waals surface area (Å²) in [5, 5.41) is 8.97. The number of carbonyl (C=O) groups excluding carboxylic acids is 1. The Hall–Kier alpha value is -1.66. The van der Waals surface area contributed by atoms with Crippen molar-refractivity contribution in [3.8, 4) is 0 Å². The second-order valence-corrected chi connectivity index (χ2v) is 3.95. The van der Waals surface area contributed by atoms with Gasteiger partial charge in [-0.1, -0.05) is 13.3 Å². The molecule has 100 valence electrons. The second-order valence-electron chi connectivity index (χ2n) is 3.95. The van der Waals surface area contributed by atoms with Crippen molar-refractivity contribution in [2.24, 2.45) is 5.84 Å². The Morgan fingerprint density at radius 1 is 1.50 bits per heavy atom. The molecule has 0 bridgehead atoms. The van der Waals surface area contributed by atoms with Crippen LogP contribution in [0.15, 0.2) is 18.3 Å². The molecule has 4 N–H and O–H groups in total. The molecule has 1 amide bonds. The minimum atomic E-state index is -0.166. The molecule has 0 atom stereocenters. The Balaban J connectivity index is 2.73. The van der Waals surface area contributed by atoms with Crippen LogP contribution in [0.2, 0.25) is 0 Å². The van der Waals surface area contributed by atoms with E-state index in [-0.39, 0.29) is 12.5 Å². The van der Waals surface area contributed by atoms with Crippen LogP contribution in [-0.4, -0.2) is 40.6 Å². The van der Waals surface area contributed by atoms with Crippen molar-refractivity contribution in [1.82, 2.24) is 9.88 Å². The van der Waals surface area contributed by atoms with E-state index in [0.29, 0.717) is 24.5 Å². The summed E-state index contributed by atoms with van der Waals surface area (Å²) in [6.45, 7) is 2.98. The van der Waals surface area contributed by atoms with Gasteiger partial charge in [0.05, 0.1) is 18.5 Å². The van der Waals surface area contributed by atoms with Crippen LogP contribution in [-0.2, 0) is 0 Å². The molecule has 0 aliphatic heterocycles. The maximum atomic E-state index is 12.1. The highest BCUT2D eigenvalue weighted by Crippen LogP contribution is 2.07. The molecule has 0 aromatic carbocycles. The predicted molar refractivity (Wildman–Crippen MR) is 69.9 cm³/mol. The van der Waals surface area contributed by atoms with E-state index >= 15 is 0 Å². The number of nitrogens with one attached hydrogen (secondary N) is 1. The van der Waals surface area contributed by atoms with Crippen molar-refractivity contribution in [3.05, 3.63) is 24.0 Å². The second kappa shape index (κ2) is 7.62. The summed E-state index contributed by atoms with van der Waals surface area (Å²) in [6.07, 6.45) is 3.41. The van der Waals surface area contributed by atoms with Crippen molar-refractivity contribution >= 4 is 11.6 Å². The largest absolute Gasteiger partial charge is 0.395 e. The van der Waals surface area contributed by atoms with Crippen molar-refractivity contribution < 1.29 is 9.90 Å². The van der Waals surface area contributed by atoms with E-state index < -0.39 is 0 Å². The fraction of sp³-hybridized carbons (Fsp3) is 0.500. The van der Waals surface area contributed by atoms with Gasteiger partial charge in [0.2, 0.25) is 0 Å². The van der Waals surface area contributed by atoms with Gasteiger partial charge in [-0.2, -0.15) is 0 Å². The van der Waals surface area contributed by atoms with E-state index in [9.17, 15) is 4.79 Å². The summed E-state index contributed by atoms with van der Waals surface area (Å²) >= 11 is 0. The lowest BCUT2D eigenvalue weighted by Gasteiger charge is -2.21. The van der Waals surface area contributed by atoms with Gasteiger partial charge in [-0.25, -0.2) is 4.98 Å². The van der Waals surface area contributed by atoms with Gasteiger partial charge in [-0.15, -0.1) is 0 Å². The van der Waals surface area contributed by atoms with Crippen molar-refractivity contribution in [1.29, 1.82) is 0 Å². The molecule has 0 aliphatic carbocycles. The van der Waals surface area contributed by atoms with E-state index in [2.05, 4.69) is 17.3 Å². The SMILES string of the molecule is CCCCN(CCO)C(=O)c1ccc(NN)cn1. The lowest BCUT2D eigenvalue weighted by molar-refractivity contribution is 0.0713. The number of nitrogens with zero attached hydrogens (tertiary/aromatic N) is 2. The Labute approximate surface area is 107 Å². The molecule has 0 aliphatic rings. The molecule has 1 heterocycles. The third-order valence-electron chi connectivity index (χ3n) is 2.59. The molecule has 1 aromatic rings. The highest BCUT2D eigenvalue weighted by molar-refractivity contribution is 5.92. The summed E-state index contributed by atoms with van der Waals surface area (Å²) in [6, 6.07) is 3.31. The summed E-state index contributed by atoms with van der Waals surface area (Å²) in [7, 11) is 0. The van der Waals surface area contributed by atoms with E-state index in [1.807, 2.05) is 0 Å². The molecule has 1 rings (SSSR count). The molecule has 1 aromatic heterocycles. The molecule has 0 spiro atoms. The van der Waals surface area contributed by atoms with Crippen LogP contribution < -0.4 is 11.3 Å². The molecule has 0 saturated heterocycles. The Kier molecular flexibility index (Phi) is 6.10. The van der Waals surface area contributed by atoms with E-state index in [1.165, 1.54) is 6.20 Å². The van der Waals surface area contributed by atoms with Gasteiger partial charge in [0.25, 0.3) is 5.91 Å². The van der Waals surface area contributed by atoms with Crippen LogP contribution in [0.25, 0.3) is 0 Å². The van der Waals surface area contributed by atoms with E-state index in [1.54, 1.807) is 17.0 Å². The lowest BCUT2D eigenvalue weighted by Crippen LogP contribution is -2.35. The van der Waals surface area contributed by atoms with Gasteiger partial charge in [0.15, 0.2) is 0 Å². The molecule has 0 unspecified atom stereocenters. The number of anilines is 1. The predicted octanol–water partition coefficient (Wildman–Crippen LogP) is 0.602. The summed E-state index contributed by atoms with van der Waals surface area (Å²) in [5.74, 6) is 5.07. The topological polar surface area (TPSA) is 91.5 Å². The Bertz CT molecular complexity index is 367. The zero-order valence-electron chi connectivity index (χ0n) is 10.6. The molecule has 6 nitrogen and oxygen atoms in total. The number of aliphatic hydroxyl groups is 1. The summed E-state index contributed by atoms with van der Waals surface area (Å²) in [5.41, 5.74) is 3.46. The van der Waals surface area contributed by atoms with Crippen molar-refractivity contribution in [3.63, 3.8) is 0 Å². The van der Waals surface area contributed by atoms with Crippen LogP contribution in [0.5, 0.6) is 0 Å². The molecule has 0 fully saturated rings. The Morgan fingerprint density at radius 2 is 2.28 bits per heavy atom. The normalized spacial score (nSPS) is 10.2. The van der Waals surface area contributed by atoms with Crippen LogP contribution in [0, 0.1) is 0 Å². The van der Waals surface area contributed by atoms with Gasteiger partial charge >= 0.3 is 0 Å². The Morgan fingerprint density at radius 3 is 2.78 bits per heavy atom. The number of nitrogens with two attached hydrogens (primary N) is 1. The number of hydrogen-bond acceptors (Lipinski definition) is 5. The maximum Gasteiger partial charge on any atom is 0.272 e.